The molecule has 1 aromatic rings. The van der Waals surface area contributed by atoms with Gasteiger partial charge in [0.25, 0.3) is 5.91 Å². The molecule has 0 radical (unpaired) electrons. The van der Waals surface area contributed by atoms with E-state index >= 15 is 0 Å². The van der Waals surface area contributed by atoms with Gasteiger partial charge in [-0.3, -0.25) is 9.59 Å². The maximum atomic E-state index is 11.8. The van der Waals surface area contributed by atoms with Gasteiger partial charge < -0.3 is 10.1 Å². The number of amides is 2. The molecule has 0 heterocycles. The van der Waals surface area contributed by atoms with Crippen molar-refractivity contribution in [2.24, 2.45) is 5.10 Å². The van der Waals surface area contributed by atoms with Crippen molar-refractivity contribution in [2.75, 3.05) is 6.61 Å². The lowest BCUT2D eigenvalue weighted by Gasteiger charge is -2.10. The first-order valence-corrected chi connectivity index (χ1v) is 8.97. The van der Waals surface area contributed by atoms with Gasteiger partial charge in [-0.05, 0) is 61.3 Å². The molecule has 2 amide bonds. The average molecular weight is 463 g/mol. The van der Waals surface area contributed by atoms with Crippen molar-refractivity contribution in [1.82, 2.24) is 10.7 Å². The second kappa shape index (κ2) is 9.78. The Kier molecular flexibility index (Phi) is 8.41. The van der Waals surface area contributed by atoms with Gasteiger partial charge >= 0.3 is 0 Å². The Morgan fingerprint density at radius 3 is 2.50 bits per heavy atom. The molecule has 0 aliphatic heterocycles. The van der Waals surface area contributed by atoms with Gasteiger partial charge in [0.05, 0.1) is 10.9 Å². The first-order chi connectivity index (χ1) is 11.2. The fourth-order valence-electron chi connectivity index (χ4n) is 1.72. The average Bonchev–Trinajstić information content (AvgIpc) is 2.46. The number of nitrogens with zero attached hydrogens (tertiary/aromatic N) is 1. The summed E-state index contributed by atoms with van der Waals surface area (Å²) in [6.07, 6.45) is 0.136. The molecular weight excluding hydrogens is 442 g/mol. The molecule has 0 fully saturated rings. The molecule has 1 rings (SSSR count). The lowest BCUT2D eigenvalue weighted by atomic mass is 10.2. The van der Waals surface area contributed by atoms with Crippen LogP contribution in [0.2, 0.25) is 0 Å². The highest BCUT2D eigenvalue weighted by atomic mass is 79.9. The predicted octanol–water partition coefficient (Wildman–Crippen LogP) is 3.31. The molecule has 0 spiro atoms. The number of carbonyl (C=O) groups is 2. The van der Waals surface area contributed by atoms with Crippen molar-refractivity contribution in [3.63, 3.8) is 0 Å². The van der Waals surface area contributed by atoms with Crippen LogP contribution in [0.4, 0.5) is 0 Å². The van der Waals surface area contributed by atoms with Gasteiger partial charge in [-0.15, -0.1) is 0 Å². The summed E-state index contributed by atoms with van der Waals surface area (Å²) >= 11 is 6.80. The number of halogens is 2. The van der Waals surface area contributed by atoms with E-state index in [-0.39, 0.29) is 25.0 Å². The molecule has 0 atom stereocenters. The van der Waals surface area contributed by atoms with Crippen LogP contribution in [0.5, 0.6) is 5.75 Å². The van der Waals surface area contributed by atoms with Crippen LogP contribution >= 0.6 is 31.9 Å². The van der Waals surface area contributed by atoms with Gasteiger partial charge in [-0.2, -0.15) is 5.10 Å². The molecule has 0 bridgehead atoms. The fraction of sp³-hybridized carbons (Fsp3) is 0.438. The lowest BCUT2D eigenvalue weighted by Crippen LogP contribution is -2.32. The summed E-state index contributed by atoms with van der Waals surface area (Å²) in [5.41, 5.74) is 3.89. The number of hydrogen-bond acceptors (Lipinski definition) is 4. The van der Waals surface area contributed by atoms with Crippen molar-refractivity contribution < 1.29 is 14.3 Å². The number of carbonyl (C=O) groups excluding carboxylic acids is 2. The summed E-state index contributed by atoms with van der Waals surface area (Å²) in [5.74, 6) is 0.0416. The molecule has 0 unspecified atom stereocenters. The minimum Gasteiger partial charge on any atom is -0.483 e. The Hall–Kier alpha value is -1.41. The summed E-state index contributed by atoms with van der Waals surface area (Å²) < 4.78 is 7.17. The van der Waals surface area contributed by atoms with E-state index in [2.05, 4.69) is 47.7 Å². The standard InChI is InChI=1S/C16H21Br2N3O3/c1-9(2)19-15(22)6-11(4)20-21-16(23)8-24-14-5-10(3)12(17)7-13(14)18/h5,7,9H,6,8H2,1-4H3,(H,19,22)(H,21,23)/b20-11-. The summed E-state index contributed by atoms with van der Waals surface area (Å²) in [5, 5.41) is 6.65. The number of hydrazone groups is 1. The van der Waals surface area contributed by atoms with E-state index in [0.29, 0.717) is 11.5 Å². The summed E-state index contributed by atoms with van der Waals surface area (Å²) in [7, 11) is 0. The van der Waals surface area contributed by atoms with E-state index in [4.69, 9.17) is 4.74 Å². The number of rotatable bonds is 7. The van der Waals surface area contributed by atoms with Gasteiger partial charge in [-0.1, -0.05) is 15.9 Å². The number of benzene rings is 1. The first-order valence-electron chi connectivity index (χ1n) is 7.38. The van der Waals surface area contributed by atoms with Crippen LogP contribution in [-0.4, -0.2) is 30.2 Å². The van der Waals surface area contributed by atoms with Gasteiger partial charge in [0.2, 0.25) is 5.91 Å². The molecule has 132 valence electrons. The largest absolute Gasteiger partial charge is 0.483 e. The lowest BCUT2D eigenvalue weighted by molar-refractivity contribution is -0.123. The van der Waals surface area contributed by atoms with Crippen molar-refractivity contribution >= 4 is 49.4 Å². The van der Waals surface area contributed by atoms with Crippen molar-refractivity contribution in [3.8, 4) is 5.75 Å². The van der Waals surface area contributed by atoms with Crippen molar-refractivity contribution in [3.05, 3.63) is 26.6 Å². The first kappa shape index (κ1) is 20.6. The van der Waals surface area contributed by atoms with Crippen LogP contribution in [0.25, 0.3) is 0 Å². The maximum absolute atomic E-state index is 11.8. The molecule has 24 heavy (non-hydrogen) atoms. The Bertz CT molecular complexity index is 646. The zero-order valence-corrected chi connectivity index (χ0v) is 17.2. The third-order valence-electron chi connectivity index (χ3n) is 2.81. The quantitative estimate of drug-likeness (QED) is 0.481. The Morgan fingerprint density at radius 2 is 1.88 bits per heavy atom. The highest BCUT2D eigenvalue weighted by molar-refractivity contribution is 9.11. The van der Waals surface area contributed by atoms with Gasteiger partial charge in [0.1, 0.15) is 5.75 Å². The van der Waals surface area contributed by atoms with Crippen LogP contribution < -0.4 is 15.5 Å². The SMILES string of the molecule is C/C(CC(=O)NC(C)C)=N/NC(=O)COc1cc(C)c(Br)cc1Br. The van der Waals surface area contributed by atoms with E-state index in [1.165, 1.54) is 0 Å². The maximum Gasteiger partial charge on any atom is 0.277 e. The monoisotopic (exact) mass is 461 g/mol. The van der Waals surface area contributed by atoms with Crippen molar-refractivity contribution in [1.29, 1.82) is 0 Å². The van der Waals surface area contributed by atoms with E-state index in [1.807, 2.05) is 32.9 Å². The predicted molar refractivity (Wildman–Crippen MR) is 101 cm³/mol. The zero-order valence-electron chi connectivity index (χ0n) is 14.1. The normalized spacial score (nSPS) is 11.4. The molecule has 0 aliphatic rings. The highest BCUT2D eigenvalue weighted by Gasteiger charge is 2.09. The third-order valence-corrected chi connectivity index (χ3v) is 4.28. The summed E-state index contributed by atoms with van der Waals surface area (Å²) in [4.78, 5) is 23.4. The second-order valence-corrected chi connectivity index (χ2v) is 7.31. The van der Waals surface area contributed by atoms with Crippen LogP contribution in [0, 0.1) is 6.92 Å². The molecule has 1 aromatic carbocycles. The van der Waals surface area contributed by atoms with Crippen LogP contribution in [-0.2, 0) is 9.59 Å². The van der Waals surface area contributed by atoms with E-state index < -0.39 is 5.91 Å². The van der Waals surface area contributed by atoms with Gasteiger partial charge in [0.15, 0.2) is 6.61 Å². The highest BCUT2D eigenvalue weighted by Crippen LogP contribution is 2.31. The molecule has 2 N–H and O–H groups in total. The molecule has 6 nitrogen and oxygen atoms in total. The van der Waals surface area contributed by atoms with E-state index in [0.717, 1.165) is 14.5 Å². The summed E-state index contributed by atoms with van der Waals surface area (Å²) in [6.45, 7) is 7.20. The fourth-order valence-corrected chi connectivity index (χ4v) is 2.83. The number of hydrogen-bond donors (Lipinski definition) is 2. The van der Waals surface area contributed by atoms with Crippen LogP contribution in [0.15, 0.2) is 26.2 Å². The van der Waals surface area contributed by atoms with Gasteiger partial charge in [0, 0.05) is 16.2 Å². The topological polar surface area (TPSA) is 79.8 Å². The third kappa shape index (κ3) is 7.44. The minimum atomic E-state index is -0.397. The Balaban J connectivity index is 2.48. The number of nitrogens with one attached hydrogen (secondary N) is 2. The molecular formula is C16H21Br2N3O3. The number of aryl methyl sites for hydroxylation is 1. The molecule has 0 saturated heterocycles. The van der Waals surface area contributed by atoms with Crippen LogP contribution in [0.3, 0.4) is 0 Å². The second-order valence-electron chi connectivity index (χ2n) is 5.60. The summed E-state index contributed by atoms with van der Waals surface area (Å²) in [6, 6.07) is 3.76. The smallest absolute Gasteiger partial charge is 0.277 e. The molecule has 0 aliphatic carbocycles. The molecule has 0 saturated carbocycles. The molecule has 8 heteroatoms. The van der Waals surface area contributed by atoms with Crippen molar-refractivity contribution in [2.45, 2.75) is 40.2 Å². The minimum absolute atomic E-state index is 0.0705. The van der Waals surface area contributed by atoms with Crippen LogP contribution in [0.1, 0.15) is 32.8 Å². The zero-order chi connectivity index (χ0) is 18.3. The van der Waals surface area contributed by atoms with E-state index in [9.17, 15) is 9.59 Å². The Labute approximate surface area is 158 Å². The Morgan fingerprint density at radius 1 is 1.21 bits per heavy atom. The van der Waals surface area contributed by atoms with E-state index in [1.54, 1.807) is 6.92 Å². The number of ether oxygens (including phenoxy) is 1. The van der Waals surface area contributed by atoms with Gasteiger partial charge in [-0.25, -0.2) is 5.43 Å². The molecule has 0 aromatic heterocycles.